The molecule has 5 nitrogen and oxygen atoms in total. The van der Waals surface area contributed by atoms with Crippen LogP contribution in [-0.2, 0) is 9.59 Å². The van der Waals surface area contributed by atoms with Crippen molar-refractivity contribution in [1.29, 1.82) is 0 Å². The first-order valence-corrected chi connectivity index (χ1v) is 7.07. The second-order valence-corrected chi connectivity index (χ2v) is 5.96. The van der Waals surface area contributed by atoms with E-state index in [1.807, 2.05) is 0 Å². The maximum atomic E-state index is 12.2. The van der Waals surface area contributed by atoms with Crippen LogP contribution in [0.4, 0.5) is 0 Å². The lowest BCUT2D eigenvalue weighted by Crippen LogP contribution is -2.43. The number of carbonyl (C=O) groups is 2. The summed E-state index contributed by atoms with van der Waals surface area (Å²) >= 11 is 0. The molecule has 1 saturated heterocycles. The SMILES string of the molecule is CC(C)C(N)CCN(C)C(=O)C1CCN(C)C(=O)C1. The van der Waals surface area contributed by atoms with Crippen molar-refractivity contribution in [1.82, 2.24) is 9.80 Å². The number of carbonyl (C=O) groups excluding carboxylic acids is 2. The number of rotatable bonds is 5. The van der Waals surface area contributed by atoms with E-state index in [1.54, 1.807) is 23.9 Å². The van der Waals surface area contributed by atoms with Crippen molar-refractivity contribution in [2.45, 2.75) is 39.2 Å². The molecule has 1 aliphatic heterocycles. The summed E-state index contributed by atoms with van der Waals surface area (Å²) in [6.07, 6.45) is 1.91. The Morgan fingerprint density at radius 2 is 2.16 bits per heavy atom. The third-order valence-corrected chi connectivity index (χ3v) is 4.04. The van der Waals surface area contributed by atoms with Gasteiger partial charge in [-0.05, 0) is 18.8 Å². The molecule has 0 bridgehead atoms. The second kappa shape index (κ2) is 6.89. The monoisotopic (exact) mass is 269 g/mol. The van der Waals surface area contributed by atoms with Gasteiger partial charge >= 0.3 is 0 Å². The molecule has 0 radical (unpaired) electrons. The van der Waals surface area contributed by atoms with Crippen molar-refractivity contribution in [3.63, 3.8) is 0 Å². The molecule has 0 aromatic rings. The number of nitrogens with two attached hydrogens (primary N) is 1. The summed E-state index contributed by atoms with van der Waals surface area (Å²) in [7, 11) is 3.59. The van der Waals surface area contributed by atoms with E-state index in [0.717, 1.165) is 12.8 Å². The Balaban J connectivity index is 2.42. The summed E-state index contributed by atoms with van der Waals surface area (Å²) in [5.41, 5.74) is 5.98. The van der Waals surface area contributed by atoms with Crippen LogP contribution in [0.2, 0.25) is 0 Å². The zero-order valence-electron chi connectivity index (χ0n) is 12.6. The first-order chi connectivity index (χ1) is 8.82. The van der Waals surface area contributed by atoms with Crippen LogP contribution in [-0.4, -0.2) is 54.8 Å². The molecule has 1 fully saturated rings. The van der Waals surface area contributed by atoms with Gasteiger partial charge in [0, 0.05) is 45.6 Å². The Kier molecular flexibility index (Phi) is 5.79. The first kappa shape index (κ1) is 16.0. The van der Waals surface area contributed by atoms with E-state index in [9.17, 15) is 9.59 Å². The Morgan fingerprint density at radius 1 is 1.53 bits per heavy atom. The second-order valence-electron chi connectivity index (χ2n) is 5.96. The summed E-state index contributed by atoms with van der Waals surface area (Å²) in [4.78, 5) is 27.3. The smallest absolute Gasteiger partial charge is 0.226 e. The van der Waals surface area contributed by atoms with Gasteiger partial charge in [-0.25, -0.2) is 0 Å². The lowest BCUT2D eigenvalue weighted by atomic mass is 9.94. The van der Waals surface area contributed by atoms with E-state index in [0.29, 0.717) is 25.4 Å². The Hall–Kier alpha value is -1.10. The van der Waals surface area contributed by atoms with Crippen LogP contribution in [0, 0.1) is 11.8 Å². The van der Waals surface area contributed by atoms with Crippen LogP contribution in [0.1, 0.15) is 33.1 Å². The van der Waals surface area contributed by atoms with Gasteiger partial charge < -0.3 is 15.5 Å². The fourth-order valence-corrected chi connectivity index (χ4v) is 2.25. The maximum Gasteiger partial charge on any atom is 0.226 e. The standard InChI is InChI=1S/C14H27N3O2/c1-10(2)12(15)6-8-17(4)14(19)11-5-7-16(3)13(18)9-11/h10-12H,5-9,15H2,1-4H3. The van der Waals surface area contributed by atoms with E-state index in [-0.39, 0.29) is 23.8 Å². The van der Waals surface area contributed by atoms with Crippen molar-refractivity contribution in [3.05, 3.63) is 0 Å². The molecular weight excluding hydrogens is 242 g/mol. The minimum absolute atomic E-state index is 0.0666. The van der Waals surface area contributed by atoms with Crippen LogP contribution >= 0.6 is 0 Å². The van der Waals surface area contributed by atoms with E-state index >= 15 is 0 Å². The zero-order chi connectivity index (χ0) is 14.6. The first-order valence-electron chi connectivity index (χ1n) is 7.07. The number of nitrogens with zero attached hydrogens (tertiary/aromatic N) is 2. The quantitative estimate of drug-likeness (QED) is 0.798. The summed E-state index contributed by atoms with van der Waals surface area (Å²) < 4.78 is 0. The highest BCUT2D eigenvalue weighted by molar-refractivity contribution is 5.86. The van der Waals surface area contributed by atoms with Crippen LogP contribution < -0.4 is 5.73 Å². The fourth-order valence-electron chi connectivity index (χ4n) is 2.25. The van der Waals surface area contributed by atoms with Gasteiger partial charge in [-0.2, -0.15) is 0 Å². The number of amides is 2. The lowest BCUT2D eigenvalue weighted by Gasteiger charge is -2.31. The molecule has 1 heterocycles. The largest absolute Gasteiger partial charge is 0.346 e. The molecule has 110 valence electrons. The van der Waals surface area contributed by atoms with Gasteiger partial charge in [-0.15, -0.1) is 0 Å². The number of piperidine rings is 1. The van der Waals surface area contributed by atoms with Crippen molar-refractivity contribution in [2.75, 3.05) is 27.2 Å². The number of hydrogen-bond acceptors (Lipinski definition) is 3. The molecule has 0 saturated carbocycles. The topological polar surface area (TPSA) is 66.6 Å². The summed E-state index contributed by atoms with van der Waals surface area (Å²) in [6.45, 7) is 5.51. The van der Waals surface area contributed by atoms with E-state index in [1.165, 1.54) is 0 Å². The Labute approximate surface area is 116 Å². The molecular formula is C14H27N3O2. The lowest BCUT2D eigenvalue weighted by molar-refractivity contribution is -0.143. The van der Waals surface area contributed by atoms with Crippen LogP contribution in [0.3, 0.4) is 0 Å². The normalized spacial score (nSPS) is 21.7. The van der Waals surface area contributed by atoms with Gasteiger partial charge in [0.05, 0.1) is 0 Å². The van der Waals surface area contributed by atoms with Gasteiger partial charge in [0.25, 0.3) is 0 Å². The average molecular weight is 269 g/mol. The molecule has 2 atom stereocenters. The summed E-state index contributed by atoms with van der Waals surface area (Å²) in [5.74, 6) is 0.423. The number of likely N-dealkylation sites (tertiary alicyclic amines) is 1. The van der Waals surface area contributed by atoms with E-state index < -0.39 is 0 Å². The average Bonchev–Trinajstić information content (AvgIpc) is 2.37. The van der Waals surface area contributed by atoms with Crippen LogP contribution in [0.5, 0.6) is 0 Å². The van der Waals surface area contributed by atoms with Crippen molar-refractivity contribution in [3.8, 4) is 0 Å². The molecule has 2 N–H and O–H groups in total. The summed E-state index contributed by atoms with van der Waals surface area (Å²) in [5, 5.41) is 0. The molecule has 2 amide bonds. The highest BCUT2D eigenvalue weighted by Crippen LogP contribution is 2.19. The van der Waals surface area contributed by atoms with Crippen molar-refractivity contribution >= 4 is 11.8 Å². The molecule has 1 aliphatic rings. The molecule has 0 aromatic carbocycles. The number of hydrogen-bond donors (Lipinski definition) is 1. The predicted octanol–water partition coefficient (Wildman–Crippen LogP) is 0.687. The van der Waals surface area contributed by atoms with Crippen LogP contribution in [0.25, 0.3) is 0 Å². The molecule has 19 heavy (non-hydrogen) atoms. The minimum Gasteiger partial charge on any atom is -0.346 e. The third kappa shape index (κ3) is 4.49. The van der Waals surface area contributed by atoms with E-state index in [4.69, 9.17) is 5.73 Å². The Bertz CT molecular complexity index is 331. The summed E-state index contributed by atoms with van der Waals surface area (Å²) in [6, 6.07) is 0.120. The van der Waals surface area contributed by atoms with E-state index in [2.05, 4.69) is 13.8 Å². The molecule has 2 unspecified atom stereocenters. The molecule has 1 rings (SSSR count). The molecule has 5 heteroatoms. The van der Waals surface area contributed by atoms with Crippen molar-refractivity contribution in [2.24, 2.45) is 17.6 Å². The van der Waals surface area contributed by atoms with Gasteiger partial charge in [0.15, 0.2) is 0 Å². The van der Waals surface area contributed by atoms with Crippen molar-refractivity contribution < 1.29 is 9.59 Å². The Morgan fingerprint density at radius 3 is 2.68 bits per heavy atom. The van der Waals surface area contributed by atoms with Gasteiger partial charge in [-0.3, -0.25) is 9.59 Å². The van der Waals surface area contributed by atoms with Gasteiger partial charge in [-0.1, -0.05) is 13.8 Å². The predicted molar refractivity (Wildman–Crippen MR) is 75.4 cm³/mol. The molecule has 0 aromatic heterocycles. The third-order valence-electron chi connectivity index (χ3n) is 4.04. The molecule has 0 spiro atoms. The van der Waals surface area contributed by atoms with Gasteiger partial charge in [0.2, 0.25) is 11.8 Å². The highest BCUT2D eigenvalue weighted by Gasteiger charge is 2.30. The minimum atomic E-state index is -0.149. The van der Waals surface area contributed by atoms with Crippen LogP contribution in [0.15, 0.2) is 0 Å². The fraction of sp³-hybridized carbons (Fsp3) is 0.857. The highest BCUT2D eigenvalue weighted by atomic mass is 16.2. The maximum absolute atomic E-state index is 12.2. The van der Waals surface area contributed by atoms with Gasteiger partial charge in [0.1, 0.15) is 0 Å². The molecule has 0 aliphatic carbocycles. The zero-order valence-corrected chi connectivity index (χ0v) is 12.6.